The van der Waals surface area contributed by atoms with Gasteiger partial charge in [0.05, 0.1) is 29.7 Å². The van der Waals surface area contributed by atoms with Crippen LogP contribution in [-0.2, 0) is 4.74 Å². The van der Waals surface area contributed by atoms with Crippen molar-refractivity contribution in [3.63, 3.8) is 0 Å². The molecular weight excluding hydrogens is 407 g/mol. The van der Waals surface area contributed by atoms with Gasteiger partial charge in [-0.05, 0) is 25.0 Å². The van der Waals surface area contributed by atoms with Crippen molar-refractivity contribution in [2.24, 2.45) is 0 Å². The average Bonchev–Trinajstić information content (AvgIpc) is 3.50. The van der Waals surface area contributed by atoms with E-state index in [2.05, 4.69) is 20.5 Å². The van der Waals surface area contributed by atoms with Crippen LogP contribution in [0.5, 0.6) is 5.75 Å². The number of piperidine rings is 1. The molecule has 10 heteroatoms. The van der Waals surface area contributed by atoms with Crippen LogP contribution in [-0.4, -0.2) is 69.4 Å². The van der Waals surface area contributed by atoms with Gasteiger partial charge in [-0.3, -0.25) is 0 Å². The van der Waals surface area contributed by atoms with Crippen molar-refractivity contribution in [1.82, 2.24) is 25.1 Å². The van der Waals surface area contributed by atoms with Gasteiger partial charge in [-0.25, -0.2) is 9.37 Å². The van der Waals surface area contributed by atoms with Crippen LogP contribution in [0.1, 0.15) is 12.8 Å². The molecule has 2 bridgehead atoms. The number of hydrogen-bond donors (Lipinski definition) is 2. The van der Waals surface area contributed by atoms with Gasteiger partial charge in [-0.15, -0.1) is 10.2 Å². The maximum absolute atomic E-state index is 15.1. The minimum Gasteiger partial charge on any atom is -0.507 e. The quantitative estimate of drug-likeness (QED) is 0.643. The summed E-state index contributed by atoms with van der Waals surface area (Å²) in [5.74, 6) is 0.109. The number of hydrogen-bond acceptors (Lipinski definition) is 8. The number of nitrogens with one attached hydrogen (secondary N) is 1. The van der Waals surface area contributed by atoms with Gasteiger partial charge in [0.1, 0.15) is 11.9 Å². The first-order chi connectivity index (χ1) is 14.5. The number of methoxy groups -OCH3 is 1. The van der Waals surface area contributed by atoms with E-state index in [-0.39, 0.29) is 30.0 Å². The van der Waals surface area contributed by atoms with Gasteiger partial charge in [0.25, 0.3) is 0 Å². The average molecular weight is 431 g/mol. The van der Waals surface area contributed by atoms with Gasteiger partial charge < -0.3 is 24.6 Å². The summed E-state index contributed by atoms with van der Waals surface area (Å²) in [6.07, 6.45) is 5.51. The first-order valence-corrected chi connectivity index (χ1v) is 10.7. The second kappa shape index (κ2) is 7.60. The maximum Gasteiger partial charge on any atom is 0.208 e. The summed E-state index contributed by atoms with van der Waals surface area (Å²) in [6.45, 7) is 0. The van der Waals surface area contributed by atoms with Crippen molar-refractivity contribution in [3.05, 3.63) is 36.9 Å². The van der Waals surface area contributed by atoms with Crippen LogP contribution in [0.4, 0.5) is 9.52 Å². The summed E-state index contributed by atoms with van der Waals surface area (Å²) in [5, 5.41) is 23.6. The Labute approximate surface area is 177 Å². The number of imidazole rings is 1. The Morgan fingerprint density at radius 1 is 1.30 bits per heavy atom. The zero-order valence-corrected chi connectivity index (χ0v) is 17.5. The van der Waals surface area contributed by atoms with Crippen molar-refractivity contribution in [3.8, 4) is 22.0 Å². The van der Waals surface area contributed by atoms with Crippen LogP contribution in [0, 0.1) is 0 Å². The second-order valence-electron chi connectivity index (χ2n) is 7.81. The molecule has 2 N–H and O–H groups in total. The molecule has 0 amide bonds. The lowest BCUT2D eigenvalue weighted by atomic mass is 9.97. The Morgan fingerprint density at radius 2 is 2.17 bits per heavy atom. The van der Waals surface area contributed by atoms with Gasteiger partial charge in [0.2, 0.25) is 5.13 Å². The lowest BCUT2D eigenvalue weighted by Gasteiger charge is -2.38. The molecule has 3 aromatic rings. The van der Waals surface area contributed by atoms with E-state index in [0.29, 0.717) is 28.5 Å². The van der Waals surface area contributed by atoms with Gasteiger partial charge >= 0.3 is 0 Å². The summed E-state index contributed by atoms with van der Waals surface area (Å²) in [4.78, 5) is 5.90. The summed E-state index contributed by atoms with van der Waals surface area (Å²) >= 11 is 1.34. The Kier molecular flexibility index (Phi) is 4.92. The molecule has 2 fully saturated rings. The predicted octanol–water partition coefficient (Wildman–Crippen LogP) is 2.39. The van der Waals surface area contributed by atoms with E-state index in [9.17, 15) is 5.11 Å². The molecule has 0 aliphatic carbocycles. The number of halogens is 1. The fraction of sp³-hybridized carbons (Fsp3) is 0.450. The molecule has 5 rings (SSSR count). The molecule has 5 atom stereocenters. The molecular formula is C20H23FN6O2S. The lowest BCUT2D eigenvalue weighted by molar-refractivity contribution is 0.0877. The van der Waals surface area contributed by atoms with E-state index < -0.39 is 6.17 Å². The predicted molar refractivity (Wildman–Crippen MR) is 112 cm³/mol. The molecule has 2 aliphatic heterocycles. The normalized spacial score (nSPS) is 28.0. The maximum atomic E-state index is 15.1. The number of fused-ring (bicyclic) bond motifs is 2. The van der Waals surface area contributed by atoms with Crippen LogP contribution in [0.25, 0.3) is 16.3 Å². The van der Waals surface area contributed by atoms with Crippen LogP contribution in [0.2, 0.25) is 0 Å². The monoisotopic (exact) mass is 430 g/mol. The van der Waals surface area contributed by atoms with Gasteiger partial charge in [-0.1, -0.05) is 11.3 Å². The molecule has 158 valence electrons. The number of alkyl halides is 1. The van der Waals surface area contributed by atoms with E-state index >= 15 is 4.39 Å². The summed E-state index contributed by atoms with van der Waals surface area (Å²) in [7, 11) is 3.54. The minimum atomic E-state index is -1.01. The highest BCUT2D eigenvalue weighted by Gasteiger charge is 2.48. The van der Waals surface area contributed by atoms with Crippen molar-refractivity contribution < 1.29 is 14.2 Å². The first-order valence-electron chi connectivity index (χ1n) is 9.86. The highest BCUT2D eigenvalue weighted by atomic mass is 32.1. The van der Waals surface area contributed by atoms with Gasteiger partial charge in [0, 0.05) is 44.7 Å². The van der Waals surface area contributed by atoms with Crippen LogP contribution < -0.4 is 10.2 Å². The fourth-order valence-electron chi connectivity index (χ4n) is 4.48. The molecule has 0 saturated carbocycles. The summed E-state index contributed by atoms with van der Waals surface area (Å²) in [6, 6.07) is 5.00. The number of phenolic OH excluding ortho intramolecular Hbond substituents is 1. The molecule has 0 radical (unpaired) electrons. The topological polar surface area (TPSA) is 88.3 Å². The third kappa shape index (κ3) is 3.24. The van der Waals surface area contributed by atoms with E-state index in [1.54, 1.807) is 38.0 Å². The lowest BCUT2D eigenvalue weighted by Crippen LogP contribution is -2.56. The second-order valence-corrected chi connectivity index (χ2v) is 8.77. The van der Waals surface area contributed by atoms with Gasteiger partial charge in [-0.2, -0.15) is 0 Å². The highest BCUT2D eigenvalue weighted by molar-refractivity contribution is 7.18. The number of rotatable bonds is 5. The Hall–Kier alpha value is -2.56. The molecule has 1 aromatic carbocycles. The zero-order valence-electron chi connectivity index (χ0n) is 16.6. The Balaban J connectivity index is 1.37. The van der Waals surface area contributed by atoms with Crippen molar-refractivity contribution in [2.45, 2.75) is 43.2 Å². The van der Waals surface area contributed by atoms with E-state index in [1.165, 1.54) is 11.3 Å². The minimum absolute atomic E-state index is 0.0441. The number of ether oxygens (including phenoxy) is 1. The number of phenols is 1. The van der Waals surface area contributed by atoms with Crippen LogP contribution in [0.3, 0.4) is 0 Å². The number of benzene rings is 1. The fourth-order valence-corrected chi connectivity index (χ4v) is 5.38. The molecule has 0 spiro atoms. The zero-order chi connectivity index (χ0) is 20.8. The third-order valence-corrected chi connectivity index (χ3v) is 7.19. The number of nitrogens with zero attached hydrogens (tertiary/aromatic N) is 5. The first kappa shape index (κ1) is 19.4. The Morgan fingerprint density at radius 3 is 2.90 bits per heavy atom. The molecule has 2 saturated heterocycles. The molecule has 8 nitrogen and oxygen atoms in total. The Bertz CT molecular complexity index is 1030. The number of aromatic hydroxyl groups is 1. The number of anilines is 1. The molecule has 2 aromatic heterocycles. The van der Waals surface area contributed by atoms with E-state index in [4.69, 9.17) is 4.74 Å². The third-order valence-electron chi connectivity index (χ3n) is 6.14. The van der Waals surface area contributed by atoms with Crippen LogP contribution in [0.15, 0.2) is 36.9 Å². The highest BCUT2D eigenvalue weighted by Crippen LogP contribution is 2.39. The van der Waals surface area contributed by atoms with Crippen molar-refractivity contribution in [1.29, 1.82) is 0 Å². The molecule has 0 unspecified atom stereocenters. The molecule has 2 aliphatic rings. The molecule has 4 heterocycles. The van der Waals surface area contributed by atoms with E-state index in [0.717, 1.165) is 5.69 Å². The van der Waals surface area contributed by atoms with Crippen molar-refractivity contribution in [2.75, 3.05) is 19.1 Å². The standard InChI is InChI=1S/C20H23FN6O2S/c1-26(15-8-13-17(29-2)9-14(23-13)18(15)21)20-25-24-19(30-20)12-4-3-11(7-16(12)28)27-6-5-22-10-27/h3-7,10,13-15,17-18,23,28H,8-9H2,1-2H3/t13-,14-,15+,17+,18+/m0/s1. The number of aromatic nitrogens is 4. The molecule has 30 heavy (non-hydrogen) atoms. The smallest absolute Gasteiger partial charge is 0.208 e. The van der Waals surface area contributed by atoms with Crippen LogP contribution >= 0.6 is 11.3 Å². The SMILES string of the molecule is CO[C@@H]1C[C@@H]2N[C@H]1C[C@@H](N(C)c1nnc(-c3ccc(-n4ccnc4)cc3O)s1)[C@@H]2F. The summed E-state index contributed by atoms with van der Waals surface area (Å²) < 4.78 is 22.4. The largest absolute Gasteiger partial charge is 0.507 e. The van der Waals surface area contributed by atoms with Gasteiger partial charge in [0.15, 0.2) is 5.01 Å². The summed E-state index contributed by atoms with van der Waals surface area (Å²) in [5.41, 5.74) is 1.39. The van der Waals surface area contributed by atoms with Crippen molar-refractivity contribution >= 4 is 16.5 Å². The van der Waals surface area contributed by atoms with E-state index in [1.807, 2.05) is 22.6 Å².